The molecular weight excluding hydrogens is 394 g/mol. The number of hydrogen-bond acceptors (Lipinski definition) is 4. The average molecular weight is 424 g/mol. The van der Waals surface area contributed by atoms with E-state index in [1.807, 2.05) is 48.2 Å². The quantitative estimate of drug-likeness (QED) is 0.606. The predicted molar refractivity (Wildman–Crippen MR) is 118 cm³/mol. The lowest BCUT2D eigenvalue weighted by molar-refractivity contribution is -0.122. The fourth-order valence-corrected chi connectivity index (χ4v) is 4.24. The zero-order valence-electron chi connectivity index (χ0n) is 18.0. The summed E-state index contributed by atoms with van der Waals surface area (Å²) in [4.78, 5) is 30.4. The van der Waals surface area contributed by atoms with Crippen LogP contribution < -0.4 is 10.1 Å². The number of H-pyrrole nitrogens is 1. The number of aromatic nitrogens is 1. The van der Waals surface area contributed by atoms with E-state index in [0.29, 0.717) is 37.5 Å². The third kappa shape index (κ3) is 5.10. The second-order valence-corrected chi connectivity index (χ2v) is 8.33. The average Bonchev–Trinajstić information content (AvgIpc) is 3.42. The highest BCUT2D eigenvalue weighted by Crippen LogP contribution is 2.25. The van der Waals surface area contributed by atoms with Crippen LogP contribution >= 0.6 is 0 Å². The molecule has 7 heteroatoms. The highest BCUT2D eigenvalue weighted by molar-refractivity contribution is 5.98. The Bertz CT molecular complexity index is 1030. The molecule has 3 aromatic rings. The number of nitrogens with one attached hydrogen (secondary N) is 2. The number of fused-ring (bicyclic) bond motifs is 1. The molecule has 1 aliphatic rings. The van der Waals surface area contributed by atoms with E-state index >= 15 is 0 Å². The normalized spacial score (nSPS) is 15.7. The van der Waals surface area contributed by atoms with Crippen LogP contribution in [0.25, 0.3) is 10.9 Å². The molecule has 1 unspecified atom stereocenters. The highest BCUT2D eigenvalue weighted by Gasteiger charge is 2.26. The minimum atomic E-state index is 0.00476. The van der Waals surface area contributed by atoms with Gasteiger partial charge in [-0.2, -0.15) is 0 Å². The summed E-state index contributed by atoms with van der Waals surface area (Å²) in [6, 6.07) is 11.4. The van der Waals surface area contributed by atoms with Crippen molar-refractivity contribution >= 4 is 22.7 Å². The maximum atomic E-state index is 12.9. The summed E-state index contributed by atoms with van der Waals surface area (Å²) < 4.78 is 10.6. The molecule has 1 atom stereocenters. The molecule has 0 aliphatic carbocycles. The first-order valence-electron chi connectivity index (χ1n) is 10.8. The van der Waals surface area contributed by atoms with Crippen molar-refractivity contribution in [3.8, 4) is 5.75 Å². The molecule has 1 aliphatic heterocycles. The summed E-state index contributed by atoms with van der Waals surface area (Å²) >= 11 is 0. The van der Waals surface area contributed by atoms with Crippen molar-refractivity contribution in [1.82, 2.24) is 15.2 Å². The van der Waals surface area contributed by atoms with Crippen molar-refractivity contribution in [2.75, 3.05) is 20.2 Å². The molecule has 0 bridgehead atoms. The van der Waals surface area contributed by atoms with Gasteiger partial charge in [0.1, 0.15) is 17.2 Å². The summed E-state index contributed by atoms with van der Waals surface area (Å²) in [7, 11) is 1.63. The lowest BCUT2D eigenvalue weighted by Gasteiger charge is -2.31. The lowest BCUT2D eigenvalue weighted by Crippen LogP contribution is -2.41. The topological polar surface area (TPSA) is 87.6 Å². The molecule has 7 nitrogen and oxygen atoms in total. The number of likely N-dealkylation sites (tertiary alicyclic amines) is 1. The number of piperidine rings is 1. The van der Waals surface area contributed by atoms with E-state index in [1.54, 1.807) is 13.4 Å². The number of amides is 2. The molecule has 3 heterocycles. The molecule has 31 heavy (non-hydrogen) atoms. The largest absolute Gasteiger partial charge is 0.497 e. The summed E-state index contributed by atoms with van der Waals surface area (Å²) in [6.07, 6.45) is 4.49. The van der Waals surface area contributed by atoms with Crippen LogP contribution in [0.15, 0.2) is 47.1 Å². The molecule has 4 rings (SSSR count). The van der Waals surface area contributed by atoms with Gasteiger partial charge in [0.25, 0.3) is 5.91 Å². The predicted octanol–water partition coefficient (Wildman–Crippen LogP) is 3.76. The van der Waals surface area contributed by atoms with Gasteiger partial charge in [0.05, 0.1) is 13.4 Å². The zero-order valence-corrected chi connectivity index (χ0v) is 18.0. The highest BCUT2D eigenvalue weighted by atomic mass is 16.5. The number of nitrogens with zero attached hydrogens (tertiary/aromatic N) is 1. The number of aromatic amines is 1. The van der Waals surface area contributed by atoms with Crippen LogP contribution in [0.5, 0.6) is 5.75 Å². The molecule has 2 amide bonds. The second kappa shape index (κ2) is 9.29. The minimum Gasteiger partial charge on any atom is -0.497 e. The Balaban J connectivity index is 1.26. The van der Waals surface area contributed by atoms with Crippen molar-refractivity contribution in [3.63, 3.8) is 0 Å². The minimum absolute atomic E-state index is 0.00476. The van der Waals surface area contributed by atoms with E-state index in [-0.39, 0.29) is 17.9 Å². The van der Waals surface area contributed by atoms with Gasteiger partial charge >= 0.3 is 0 Å². The molecule has 164 valence electrons. The Kier molecular flexibility index (Phi) is 6.30. The molecular formula is C24H29N3O4. The van der Waals surface area contributed by atoms with E-state index in [4.69, 9.17) is 9.15 Å². The molecule has 0 saturated carbocycles. The van der Waals surface area contributed by atoms with E-state index in [9.17, 15) is 9.59 Å². The zero-order chi connectivity index (χ0) is 21.8. The van der Waals surface area contributed by atoms with Crippen LogP contribution in [0.2, 0.25) is 0 Å². The van der Waals surface area contributed by atoms with Gasteiger partial charge in [-0.15, -0.1) is 0 Å². The number of ether oxygens (including phenoxy) is 1. The van der Waals surface area contributed by atoms with Crippen molar-refractivity contribution in [3.05, 3.63) is 54.1 Å². The summed E-state index contributed by atoms with van der Waals surface area (Å²) in [5, 5.41) is 4.04. The van der Waals surface area contributed by atoms with Gasteiger partial charge in [-0.3, -0.25) is 9.59 Å². The third-order valence-electron chi connectivity index (χ3n) is 5.93. The molecule has 0 radical (unpaired) electrons. The number of carbonyl (C=O) groups excluding carboxylic acids is 2. The van der Waals surface area contributed by atoms with Crippen LogP contribution in [0, 0.1) is 5.92 Å². The van der Waals surface area contributed by atoms with E-state index < -0.39 is 0 Å². The molecule has 1 aromatic carbocycles. The number of carbonyl (C=O) groups is 2. The molecule has 2 aromatic heterocycles. The Hall–Kier alpha value is -3.22. The van der Waals surface area contributed by atoms with Gasteiger partial charge in [-0.1, -0.05) is 0 Å². The first-order chi connectivity index (χ1) is 15.0. The van der Waals surface area contributed by atoms with E-state index in [1.165, 1.54) is 0 Å². The first-order valence-corrected chi connectivity index (χ1v) is 10.8. The maximum absolute atomic E-state index is 12.9. The Labute approximate surface area is 181 Å². The Morgan fingerprint density at radius 1 is 1.26 bits per heavy atom. The SMILES string of the molecule is COc1ccc2cc(C(=O)N3CCC(CC(=O)NC(C)Cc4ccco4)CC3)[nH]c2c1. The van der Waals surface area contributed by atoms with Gasteiger partial charge in [0, 0.05) is 48.9 Å². The first kappa shape index (κ1) is 21.0. The van der Waals surface area contributed by atoms with Crippen LogP contribution in [0.4, 0.5) is 0 Å². The Morgan fingerprint density at radius 2 is 2.06 bits per heavy atom. The van der Waals surface area contributed by atoms with Gasteiger partial charge in [0.2, 0.25) is 5.91 Å². The van der Waals surface area contributed by atoms with E-state index in [0.717, 1.165) is 35.3 Å². The van der Waals surface area contributed by atoms with Crippen LogP contribution in [-0.2, 0) is 11.2 Å². The maximum Gasteiger partial charge on any atom is 0.270 e. The number of benzene rings is 1. The van der Waals surface area contributed by atoms with Crippen molar-refractivity contribution in [2.45, 2.75) is 38.6 Å². The van der Waals surface area contributed by atoms with Gasteiger partial charge in [0.15, 0.2) is 0 Å². The molecule has 2 N–H and O–H groups in total. The molecule has 0 spiro atoms. The number of rotatable bonds is 7. The monoisotopic (exact) mass is 423 g/mol. The van der Waals surface area contributed by atoms with Gasteiger partial charge < -0.3 is 24.4 Å². The molecule has 1 saturated heterocycles. The fraction of sp³-hybridized carbons (Fsp3) is 0.417. The second-order valence-electron chi connectivity index (χ2n) is 8.33. The Morgan fingerprint density at radius 3 is 2.77 bits per heavy atom. The summed E-state index contributed by atoms with van der Waals surface area (Å²) in [6.45, 7) is 3.31. The number of hydrogen-bond donors (Lipinski definition) is 2. The summed E-state index contributed by atoms with van der Waals surface area (Å²) in [5.74, 6) is 1.99. The number of methoxy groups -OCH3 is 1. The van der Waals surface area contributed by atoms with Crippen LogP contribution in [0.1, 0.15) is 42.4 Å². The number of furan rings is 1. The van der Waals surface area contributed by atoms with Gasteiger partial charge in [-0.25, -0.2) is 0 Å². The van der Waals surface area contributed by atoms with Crippen molar-refractivity contribution in [1.29, 1.82) is 0 Å². The fourth-order valence-electron chi connectivity index (χ4n) is 4.24. The third-order valence-corrected chi connectivity index (χ3v) is 5.93. The van der Waals surface area contributed by atoms with E-state index in [2.05, 4.69) is 10.3 Å². The standard InChI is InChI=1S/C24H29N3O4/c1-16(12-20-4-3-11-31-20)25-23(28)13-17-7-9-27(10-8-17)24(29)22-14-18-5-6-19(30-2)15-21(18)26-22/h3-6,11,14-17,26H,7-10,12-13H2,1-2H3,(H,25,28). The van der Waals surface area contributed by atoms with Crippen LogP contribution in [-0.4, -0.2) is 47.9 Å². The van der Waals surface area contributed by atoms with Crippen LogP contribution in [0.3, 0.4) is 0 Å². The smallest absolute Gasteiger partial charge is 0.270 e. The molecule has 1 fully saturated rings. The van der Waals surface area contributed by atoms with Crippen molar-refractivity contribution < 1.29 is 18.7 Å². The van der Waals surface area contributed by atoms with Crippen molar-refractivity contribution in [2.24, 2.45) is 5.92 Å². The van der Waals surface area contributed by atoms with Gasteiger partial charge in [-0.05, 0) is 56.0 Å². The summed E-state index contributed by atoms with van der Waals surface area (Å²) in [5.41, 5.74) is 1.48. The lowest BCUT2D eigenvalue weighted by atomic mass is 9.93.